The summed E-state index contributed by atoms with van der Waals surface area (Å²) in [6.45, 7) is 0.265. The van der Waals surface area contributed by atoms with E-state index in [1.165, 1.54) is 28.4 Å². The second kappa shape index (κ2) is 8.51. The normalized spacial score (nSPS) is 11.2. The number of amides is 1. The van der Waals surface area contributed by atoms with Crippen LogP contribution in [0.25, 0.3) is 16.3 Å². The highest BCUT2D eigenvalue weighted by atomic mass is 35.5. The van der Waals surface area contributed by atoms with Gasteiger partial charge in [0.25, 0.3) is 5.91 Å². The molecule has 4 aromatic rings. The Hall–Kier alpha value is -3.09. The van der Waals surface area contributed by atoms with Gasteiger partial charge in [0.15, 0.2) is 5.13 Å². The number of aromatic nitrogens is 2. The van der Waals surface area contributed by atoms with Crippen LogP contribution >= 0.6 is 22.9 Å². The molecular formula is C22H15ClFN3OS. The van der Waals surface area contributed by atoms with Crippen molar-refractivity contribution in [2.24, 2.45) is 0 Å². The number of anilines is 1. The molecule has 0 unspecified atom stereocenters. The maximum atomic E-state index is 14.1. The average molecular weight is 424 g/mol. The maximum absolute atomic E-state index is 14.1. The Morgan fingerprint density at radius 2 is 2.00 bits per heavy atom. The molecule has 4 rings (SSSR count). The van der Waals surface area contributed by atoms with E-state index in [-0.39, 0.29) is 18.0 Å². The molecule has 2 aromatic heterocycles. The molecule has 1 amide bonds. The molecule has 0 aliphatic heterocycles. The Kier molecular flexibility index (Phi) is 5.64. The first-order chi connectivity index (χ1) is 14.1. The summed E-state index contributed by atoms with van der Waals surface area (Å²) in [5.74, 6) is -0.696. The Morgan fingerprint density at radius 1 is 1.14 bits per heavy atom. The van der Waals surface area contributed by atoms with E-state index in [0.717, 1.165) is 11.1 Å². The number of rotatable bonds is 5. The van der Waals surface area contributed by atoms with Crippen molar-refractivity contribution in [3.8, 4) is 0 Å². The molecule has 0 bridgehead atoms. The first kappa shape index (κ1) is 19.2. The summed E-state index contributed by atoms with van der Waals surface area (Å²) in [6.07, 6.45) is 6.46. The number of hydrogen-bond donors (Lipinski definition) is 0. The van der Waals surface area contributed by atoms with E-state index in [1.54, 1.807) is 42.7 Å². The molecule has 0 N–H and O–H groups in total. The molecule has 144 valence electrons. The molecule has 2 aromatic carbocycles. The molecule has 0 fully saturated rings. The highest BCUT2D eigenvalue weighted by molar-refractivity contribution is 7.22. The van der Waals surface area contributed by atoms with Crippen LogP contribution in [0.3, 0.4) is 0 Å². The Morgan fingerprint density at radius 3 is 2.76 bits per heavy atom. The third-order valence-corrected chi connectivity index (χ3v) is 5.62. The van der Waals surface area contributed by atoms with Crippen LogP contribution in [0, 0.1) is 5.82 Å². The molecule has 0 spiro atoms. The first-order valence-electron chi connectivity index (χ1n) is 8.80. The van der Waals surface area contributed by atoms with E-state index < -0.39 is 5.82 Å². The van der Waals surface area contributed by atoms with E-state index in [2.05, 4.69) is 9.97 Å². The molecule has 2 heterocycles. The van der Waals surface area contributed by atoms with Gasteiger partial charge >= 0.3 is 0 Å². The van der Waals surface area contributed by atoms with Crippen LogP contribution in [-0.2, 0) is 11.3 Å². The Bertz CT molecular complexity index is 1190. The molecule has 0 aliphatic carbocycles. The highest BCUT2D eigenvalue weighted by Gasteiger charge is 2.19. The van der Waals surface area contributed by atoms with Gasteiger partial charge in [0, 0.05) is 23.5 Å². The fourth-order valence-corrected chi connectivity index (χ4v) is 3.98. The third kappa shape index (κ3) is 4.34. The number of hydrogen-bond acceptors (Lipinski definition) is 4. The largest absolute Gasteiger partial charge is 0.280 e. The Labute approximate surface area is 175 Å². The minimum atomic E-state index is -0.412. The van der Waals surface area contributed by atoms with Crippen molar-refractivity contribution in [1.29, 1.82) is 0 Å². The molecule has 0 atom stereocenters. The molecule has 0 aliphatic rings. The van der Waals surface area contributed by atoms with Gasteiger partial charge in [-0.2, -0.15) is 0 Å². The molecule has 4 nitrogen and oxygen atoms in total. The van der Waals surface area contributed by atoms with Gasteiger partial charge in [0.1, 0.15) is 11.3 Å². The quantitative estimate of drug-likeness (QED) is 0.385. The monoisotopic (exact) mass is 423 g/mol. The number of para-hydroxylation sites is 1. The zero-order chi connectivity index (χ0) is 20.2. The van der Waals surface area contributed by atoms with Crippen LogP contribution in [0.2, 0.25) is 5.02 Å². The van der Waals surface area contributed by atoms with Crippen molar-refractivity contribution in [1.82, 2.24) is 9.97 Å². The van der Waals surface area contributed by atoms with Crippen molar-refractivity contribution in [3.63, 3.8) is 0 Å². The van der Waals surface area contributed by atoms with Crippen LogP contribution in [0.1, 0.15) is 11.1 Å². The summed E-state index contributed by atoms with van der Waals surface area (Å²) >= 11 is 7.43. The lowest BCUT2D eigenvalue weighted by Gasteiger charge is -2.18. The van der Waals surface area contributed by atoms with Crippen molar-refractivity contribution in [2.45, 2.75) is 6.54 Å². The summed E-state index contributed by atoms with van der Waals surface area (Å²) in [5, 5.41) is 0.972. The standard InChI is InChI=1S/C22H15ClFN3OS/c23-17-7-2-1-6-16(17)10-11-20(28)27(14-15-5-4-12-25-13-15)22-26-21-18(24)8-3-9-19(21)29-22/h1-13H,14H2/b11-10+. The van der Waals surface area contributed by atoms with Crippen LogP contribution in [0.15, 0.2) is 73.1 Å². The maximum Gasteiger partial charge on any atom is 0.253 e. The van der Waals surface area contributed by atoms with Gasteiger partial charge in [0.05, 0.1) is 11.2 Å². The lowest BCUT2D eigenvalue weighted by molar-refractivity contribution is -0.114. The molecule has 7 heteroatoms. The lowest BCUT2D eigenvalue weighted by atomic mass is 10.2. The van der Waals surface area contributed by atoms with E-state index in [0.29, 0.717) is 14.9 Å². The summed E-state index contributed by atoms with van der Waals surface area (Å²) in [6, 6.07) is 15.7. The fraction of sp³-hybridized carbons (Fsp3) is 0.0455. The number of pyridine rings is 1. The number of carbonyl (C=O) groups is 1. The summed E-state index contributed by atoms with van der Waals surface area (Å²) in [7, 11) is 0. The number of benzene rings is 2. The predicted molar refractivity (Wildman–Crippen MR) is 115 cm³/mol. The van der Waals surface area contributed by atoms with Gasteiger partial charge in [-0.25, -0.2) is 9.37 Å². The molecule has 0 radical (unpaired) electrons. The first-order valence-corrected chi connectivity index (χ1v) is 9.99. The van der Waals surface area contributed by atoms with Crippen LogP contribution in [-0.4, -0.2) is 15.9 Å². The zero-order valence-electron chi connectivity index (χ0n) is 15.1. The predicted octanol–water partition coefficient (Wildman–Crippen LogP) is 5.73. The topological polar surface area (TPSA) is 46.1 Å². The number of thiazole rings is 1. The van der Waals surface area contributed by atoms with Crippen molar-refractivity contribution >= 4 is 50.3 Å². The van der Waals surface area contributed by atoms with Crippen LogP contribution < -0.4 is 4.90 Å². The Balaban J connectivity index is 1.70. The lowest BCUT2D eigenvalue weighted by Crippen LogP contribution is -2.28. The molecule has 29 heavy (non-hydrogen) atoms. The SMILES string of the molecule is O=C(/C=C/c1ccccc1Cl)N(Cc1cccnc1)c1nc2c(F)cccc2s1. The van der Waals surface area contributed by atoms with Crippen LogP contribution in [0.4, 0.5) is 9.52 Å². The second-order valence-corrected chi connectivity index (χ2v) is 7.64. The average Bonchev–Trinajstić information content (AvgIpc) is 3.17. The van der Waals surface area contributed by atoms with Gasteiger partial charge in [-0.1, -0.05) is 53.3 Å². The molecule has 0 saturated carbocycles. The summed E-state index contributed by atoms with van der Waals surface area (Å²) in [4.78, 5) is 23.0. The van der Waals surface area contributed by atoms with E-state index in [4.69, 9.17) is 11.6 Å². The fourth-order valence-electron chi connectivity index (χ4n) is 2.79. The van der Waals surface area contributed by atoms with Gasteiger partial charge in [-0.15, -0.1) is 0 Å². The second-order valence-electron chi connectivity index (χ2n) is 6.22. The highest BCUT2D eigenvalue weighted by Crippen LogP contribution is 2.31. The summed E-state index contributed by atoms with van der Waals surface area (Å²) in [5.41, 5.74) is 1.83. The molecular weight excluding hydrogens is 409 g/mol. The van der Waals surface area contributed by atoms with Crippen molar-refractivity contribution in [2.75, 3.05) is 4.90 Å². The number of carbonyl (C=O) groups excluding carboxylic acids is 1. The van der Waals surface area contributed by atoms with E-state index in [9.17, 15) is 9.18 Å². The van der Waals surface area contributed by atoms with E-state index in [1.807, 2.05) is 24.3 Å². The van der Waals surface area contributed by atoms with Gasteiger partial charge in [-0.05, 0) is 41.5 Å². The smallest absolute Gasteiger partial charge is 0.253 e. The number of halogens is 2. The minimum Gasteiger partial charge on any atom is -0.280 e. The third-order valence-electron chi connectivity index (χ3n) is 4.23. The van der Waals surface area contributed by atoms with Gasteiger partial charge in [0.2, 0.25) is 0 Å². The minimum absolute atomic E-state index is 0.256. The number of fused-ring (bicyclic) bond motifs is 1. The van der Waals surface area contributed by atoms with Gasteiger partial charge < -0.3 is 0 Å². The van der Waals surface area contributed by atoms with Gasteiger partial charge in [-0.3, -0.25) is 14.7 Å². The van der Waals surface area contributed by atoms with Crippen molar-refractivity contribution < 1.29 is 9.18 Å². The zero-order valence-corrected chi connectivity index (χ0v) is 16.7. The number of nitrogens with zero attached hydrogens (tertiary/aromatic N) is 3. The van der Waals surface area contributed by atoms with Crippen LogP contribution in [0.5, 0.6) is 0 Å². The summed E-state index contributed by atoms with van der Waals surface area (Å²) < 4.78 is 14.8. The molecule has 0 saturated heterocycles. The van der Waals surface area contributed by atoms with E-state index >= 15 is 0 Å². The van der Waals surface area contributed by atoms with Crippen molar-refractivity contribution in [3.05, 3.63) is 95.0 Å².